The topological polar surface area (TPSA) is 20.7 Å². The molecule has 3 aromatic rings. The van der Waals surface area contributed by atoms with Crippen LogP contribution < -0.4 is 0 Å². The Morgan fingerprint density at radius 1 is 1.15 bits per heavy atom. The Morgan fingerprint density at radius 3 is 2.75 bits per heavy atom. The van der Waals surface area contributed by atoms with Gasteiger partial charge in [-0.3, -0.25) is 0 Å². The number of halogens is 1. The lowest BCUT2D eigenvalue weighted by molar-refractivity contribution is 0.704. The molecule has 0 saturated carbocycles. The van der Waals surface area contributed by atoms with Crippen molar-refractivity contribution in [2.75, 3.05) is 0 Å². The first-order valence-electron chi connectivity index (χ1n) is 6.58. The van der Waals surface area contributed by atoms with Crippen LogP contribution in [0.25, 0.3) is 11.0 Å². The first kappa shape index (κ1) is 13.4. The maximum atomic E-state index is 6.19. The molecule has 2 nitrogen and oxygen atoms in total. The molecule has 0 bridgehead atoms. The van der Waals surface area contributed by atoms with Crippen LogP contribution >= 0.6 is 23.8 Å². The van der Waals surface area contributed by atoms with Gasteiger partial charge in [0.25, 0.3) is 0 Å². The number of benzene rings is 2. The lowest BCUT2D eigenvalue weighted by atomic mass is 10.1. The van der Waals surface area contributed by atoms with Crippen LogP contribution in [0.1, 0.15) is 11.1 Å². The molecule has 0 aliphatic rings. The smallest absolute Gasteiger partial charge is 0.178 e. The number of nitrogens with one attached hydrogen (secondary N) is 1. The molecule has 0 fully saturated rings. The van der Waals surface area contributed by atoms with Crippen LogP contribution in [0.2, 0.25) is 5.02 Å². The summed E-state index contributed by atoms with van der Waals surface area (Å²) in [4.78, 5) is 3.19. The van der Waals surface area contributed by atoms with Crippen LogP contribution in [0.5, 0.6) is 0 Å². The van der Waals surface area contributed by atoms with Gasteiger partial charge in [0.2, 0.25) is 0 Å². The van der Waals surface area contributed by atoms with Crippen LogP contribution in [0, 0.1) is 11.7 Å². The Kier molecular flexibility index (Phi) is 3.64. The molecule has 3 rings (SSSR count). The van der Waals surface area contributed by atoms with E-state index in [0.29, 0.717) is 5.02 Å². The van der Waals surface area contributed by atoms with Gasteiger partial charge in [-0.15, -0.1) is 0 Å². The van der Waals surface area contributed by atoms with E-state index in [0.717, 1.165) is 28.8 Å². The normalized spacial score (nSPS) is 11.1. The molecule has 0 saturated heterocycles. The van der Waals surface area contributed by atoms with E-state index < -0.39 is 0 Å². The van der Waals surface area contributed by atoms with Crippen molar-refractivity contribution >= 4 is 34.9 Å². The van der Waals surface area contributed by atoms with Gasteiger partial charge in [0.05, 0.1) is 16.1 Å². The minimum atomic E-state index is 0.711. The minimum Gasteiger partial charge on any atom is -0.329 e. The fraction of sp³-hybridized carbons (Fsp3) is 0.188. The predicted molar refractivity (Wildman–Crippen MR) is 87.0 cm³/mol. The molecular formula is C16H15ClN2S. The zero-order valence-electron chi connectivity index (χ0n) is 11.2. The molecule has 2 aromatic carbocycles. The van der Waals surface area contributed by atoms with Gasteiger partial charge in [-0.05, 0) is 48.8 Å². The maximum Gasteiger partial charge on any atom is 0.178 e. The van der Waals surface area contributed by atoms with Crippen molar-refractivity contribution in [1.82, 2.24) is 9.55 Å². The average Bonchev–Trinajstić information content (AvgIpc) is 2.76. The predicted octanol–water partition coefficient (Wildman–Crippen LogP) is 4.90. The van der Waals surface area contributed by atoms with Crippen LogP contribution in [0.4, 0.5) is 0 Å². The molecular weight excluding hydrogens is 288 g/mol. The Labute approximate surface area is 128 Å². The average molecular weight is 303 g/mol. The summed E-state index contributed by atoms with van der Waals surface area (Å²) in [5, 5.41) is 0.711. The molecule has 0 spiro atoms. The monoisotopic (exact) mass is 302 g/mol. The number of H-pyrrole nitrogens is 1. The number of hydrogen-bond donors (Lipinski definition) is 1. The minimum absolute atomic E-state index is 0.711. The maximum absolute atomic E-state index is 6.19. The number of imidazole rings is 1. The van der Waals surface area contributed by atoms with Crippen molar-refractivity contribution in [2.24, 2.45) is 0 Å². The van der Waals surface area contributed by atoms with Gasteiger partial charge in [0.15, 0.2) is 4.77 Å². The van der Waals surface area contributed by atoms with Crippen LogP contribution in [0.15, 0.2) is 42.5 Å². The summed E-state index contributed by atoms with van der Waals surface area (Å²) in [6.07, 6.45) is 0.959. The summed E-state index contributed by atoms with van der Waals surface area (Å²) in [5.74, 6) is 0. The molecule has 1 aromatic heterocycles. The molecule has 0 amide bonds. The fourth-order valence-corrected chi connectivity index (χ4v) is 3.00. The molecule has 0 unspecified atom stereocenters. The number of aryl methyl sites for hydroxylation is 3. The Morgan fingerprint density at radius 2 is 1.95 bits per heavy atom. The summed E-state index contributed by atoms with van der Waals surface area (Å²) in [5.41, 5.74) is 4.66. The van der Waals surface area contributed by atoms with E-state index in [4.69, 9.17) is 23.8 Å². The molecule has 20 heavy (non-hydrogen) atoms. The van der Waals surface area contributed by atoms with E-state index in [-0.39, 0.29) is 0 Å². The second-order valence-electron chi connectivity index (χ2n) is 4.89. The lowest BCUT2D eigenvalue weighted by Crippen LogP contribution is -2.02. The van der Waals surface area contributed by atoms with E-state index in [1.165, 1.54) is 11.1 Å². The zero-order valence-corrected chi connectivity index (χ0v) is 12.8. The molecule has 1 N–H and O–H groups in total. The van der Waals surface area contributed by atoms with Crippen molar-refractivity contribution in [1.29, 1.82) is 0 Å². The second kappa shape index (κ2) is 5.43. The molecule has 0 aliphatic heterocycles. The van der Waals surface area contributed by atoms with Gasteiger partial charge in [-0.1, -0.05) is 41.9 Å². The third kappa shape index (κ3) is 2.39. The van der Waals surface area contributed by atoms with Gasteiger partial charge in [-0.2, -0.15) is 0 Å². The van der Waals surface area contributed by atoms with Gasteiger partial charge in [-0.25, -0.2) is 0 Å². The standard InChI is InChI=1S/C16H15ClN2S/c1-11-5-2-3-6-12(11)9-10-19-14-8-4-7-13(17)15(14)18-16(19)20/h2-8H,9-10H2,1H3,(H,18,20). The van der Waals surface area contributed by atoms with Crippen molar-refractivity contribution in [2.45, 2.75) is 19.9 Å². The Hall–Kier alpha value is -1.58. The lowest BCUT2D eigenvalue weighted by Gasteiger charge is -2.07. The van der Waals surface area contributed by atoms with Gasteiger partial charge < -0.3 is 9.55 Å². The zero-order chi connectivity index (χ0) is 14.1. The number of hydrogen-bond acceptors (Lipinski definition) is 1. The third-order valence-corrected chi connectivity index (χ3v) is 4.26. The number of rotatable bonds is 3. The molecule has 4 heteroatoms. The molecule has 0 atom stereocenters. The van der Waals surface area contributed by atoms with Crippen molar-refractivity contribution in [3.05, 3.63) is 63.4 Å². The quantitative estimate of drug-likeness (QED) is 0.682. The van der Waals surface area contributed by atoms with E-state index in [2.05, 4.69) is 40.7 Å². The first-order valence-corrected chi connectivity index (χ1v) is 7.37. The van der Waals surface area contributed by atoms with Crippen LogP contribution in [0.3, 0.4) is 0 Å². The number of aromatic nitrogens is 2. The van der Waals surface area contributed by atoms with Gasteiger partial charge in [0.1, 0.15) is 0 Å². The van der Waals surface area contributed by atoms with Crippen LogP contribution in [-0.2, 0) is 13.0 Å². The van der Waals surface area contributed by atoms with Crippen molar-refractivity contribution in [3.63, 3.8) is 0 Å². The summed E-state index contributed by atoms with van der Waals surface area (Å²) < 4.78 is 2.84. The largest absolute Gasteiger partial charge is 0.329 e. The van der Waals surface area contributed by atoms with E-state index in [1.54, 1.807) is 0 Å². The summed E-state index contributed by atoms with van der Waals surface area (Å²) in [7, 11) is 0. The highest BCUT2D eigenvalue weighted by Gasteiger charge is 2.07. The SMILES string of the molecule is Cc1ccccc1CCn1c(=S)[nH]c2c(Cl)cccc21. The number of fused-ring (bicyclic) bond motifs is 1. The summed E-state index contributed by atoms with van der Waals surface area (Å²) >= 11 is 11.6. The summed E-state index contributed by atoms with van der Waals surface area (Å²) in [6, 6.07) is 14.3. The Bertz CT molecular complexity index is 817. The molecule has 1 heterocycles. The summed E-state index contributed by atoms with van der Waals surface area (Å²) in [6.45, 7) is 2.99. The van der Waals surface area contributed by atoms with Crippen molar-refractivity contribution < 1.29 is 0 Å². The third-order valence-electron chi connectivity index (χ3n) is 3.63. The number of aromatic amines is 1. The van der Waals surface area contributed by atoms with Crippen LogP contribution in [-0.4, -0.2) is 9.55 Å². The number of nitrogens with zero attached hydrogens (tertiary/aromatic N) is 1. The van der Waals surface area contributed by atoms with Crippen molar-refractivity contribution in [3.8, 4) is 0 Å². The van der Waals surface area contributed by atoms with E-state index >= 15 is 0 Å². The van der Waals surface area contributed by atoms with E-state index in [9.17, 15) is 0 Å². The Balaban J connectivity index is 1.96. The molecule has 0 aliphatic carbocycles. The molecule has 102 valence electrons. The molecule has 0 radical (unpaired) electrons. The fourth-order valence-electron chi connectivity index (χ4n) is 2.49. The van der Waals surface area contributed by atoms with E-state index in [1.807, 2.05) is 18.2 Å². The van der Waals surface area contributed by atoms with Gasteiger partial charge >= 0.3 is 0 Å². The highest BCUT2D eigenvalue weighted by molar-refractivity contribution is 7.71. The van der Waals surface area contributed by atoms with Gasteiger partial charge in [0, 0.05) is 6.54 Å². The second-order valence-corrected chi connectivity index (χ2v) is 5.69. The highest BCUT2D eigenvalue weighted by Crippen LogP contribution is 2.23. The first-order chi connectivity index (χ1) is 9.66. The highest BCUT2D eigenvalue weighted by atomic mass is 35.5. The number of para-hydroxylation sites is 1.